The Kier molecular flexibility index (Phi) is 13.2. The number of aliphatic carboxylic acids is 1. The molecule has 0 fully saturated rings. The average molecular weight is 277 g/mol. The van der Waals surface area contributed by atoms with Gasteiger partial charge in [-0.3, -0.25) is 4.79 Å². The van der Waals surface area contributed by atoms with E-state index in [1.807, 2.05) is 6.92 Å². The van der Waals surface area contributed by atoms with Gasteiger partial charge in [0.05, 0.1) is 45.7 Å². The van der Waals surface area contributed by atoms with Gasteiger partial charge >= 0.3 is 5.97 Å². The van der Waals surface area contributed by atoms with Crippen molar-refractivity contribution in [2.24, 2.45) is 0 Å². The van der Waals surface area contributed by atoms with Gasteiger partial charge in [-0.25, -0.2) is 0 Å². The molecular formula is C13H25O6. The first-order valence-electron chi connectivity index (χ1n) is 6.56. The molecule has 1 radical (unpaired) electrons. The second-order valence-electron chi connectivity index (χ2n) is 3.85. The number of hydrogen-bond acceptors (Lipinski definition) is 5. The standard InChI is InChI=1S/C13H25O6/c1-3-16-6-7-17-8-9-18-10-11-19-12(2)4-5-13(14)15/h12H,2-11H2,1H3,(H,14,15). The Bertz CT molecular complexity index is 209. The highest BCUT2D eigenvalue weighted by atomic mass is 16.6. The summed E-state index contributed by atoms with van der Waals surface area (Å²) in [6, 6.07) is 0. The van der Waals surface area contributed by atoms with Crippen molar-refractivity contribution in [3.8, 4) is 0 Å². The van der Waals surface area contributed by atoms with Gasteiger partial charge in [-0.2, -0.15) is 0 Å². The predicted molar refractivity (Wildman–Crippen MR) is 70.1 cm³/mol. The molecule has 1 unspecified atom stereocenters. The molecule has 0 amide bonds. The molecule has 0 aromatic rings. The van der Waals surface area contributed by atoms with Crippen LogP contribution in [-0.4, -0.2) is 63.4 Å². The monoisotopic (exact) mass is 277 g/mol. The van der Waals surface area contributed by atoms with Crippen molar-refractivity contribution in [1.82, 2.24) is 0 Å². The quantitative estimate of drug-likeness (QED) is 0.480. The maximum absolute atomic E-state index is 10.3. The normalized spacial score (nSPS) is 12.5. The zero-order valence-electron chi connectivity index (χ0n) is 11.6. The lowest BCUT2D eigenvalue weighted by atomic mass is 10.2. The maximum Gasteiger partial charge on any atom is 0.303 e. The minimum Gasteiger partial charge on any atom is -0.481 e. The van der Waals surface area contributed by atoms with Gasteiger partial charge in [0.1, 0.15) is 0 Å². The van der Waals surface area contributed by atoms with Crippen molar-refractivity contribution in [2.45, 2.75) is 25.9 Å². The van der Waals surface area contributed by atoms with Gasteiger partial charge in [0.15, 0.2) is 0 Å². The van der Waals surface area contributed by atoms with Gasteiger partial charge < -0.3 is 24.1 Å². The van der Waals surface area contributed by atoms with E-state index in [4.69, 9.17) is 24.1 Å². The molecule has 0 rings (SSSR count). The molecule has 19 heavy (non-hydrogen) atoms. The summed E-state index contributed by atoms with van der Waals surface area (Å²) in [6.45, 7) is 9.42. The highest BCUT2D eigenvalue weighted by Gasteiger charge is 2.05. The first-order chi connectivity index (χ1) is 9.16. The Morgan fingerprint density at radius 2 is 1.58 bits per heavy atom. The van der Waals surface area contributed by atoms with Crippen LogP contribution in [0.25, 0.3) is 0 Å². The van der Waals surface area contributed by atoms with Crippen LogP contribution in [0, 0.1) is 6.92 Å². The molecule has 0 aliphatic rings. The molecular weight excluding hydrogens is 252 g/mol. The highest BCUT2D eigenvalue weighted by molar-refractivity contribution is 5.66. The second-order valence-corrected chi connectivity index (χ2v) is 3.85. The zero-order valence-corrected chi connectivity index (χ0v) is 11.6. The molecule has 0 aromatic carbocycles. The summed E-state index contributed by atoms with van der Waals surface area (Å²) in [6.07, 6.45) is 0.181. The molecule has 6 nitrogen and oxygen atoms in total. The molecule has 0 aliphatic heterocycles. The van der Waals surface area contributed by atoms with E-state index in [9.17, 15) is 4.79 Å². The number of carboxylic acid groups (broad SMARTS) is 1. The Labute approximate surface area is 115 Å². The Balaban J connectivity index is 3.11. The summed E-state index contributed by atoms with van der Waals surface area (Å²) < 4.78 is 20.9. The van der Waals surface area contributed by atoms with Crippen LogP contribution in [-0.2, 0) is 23.7 Å². The fourth-order valence-electron chi connectivity index (χ4n) is 1.23. The van der Waals surface area contributed by atoms with E-state index in [1.54, 1.807) is 0 Å². The van der Waals surface area contributed by atoms with E-state index >= 15 is 0 Å². The minimum atomic E-state index is -0.835. The number of carboxylic acids is 1. The van der Waals surface area contributed by atoms with Crippen LogP contribution in [0.1, 0.15) is 19.8 Å². The fraction of sp³-hybridized carbons (Fsp3) is 0.846. The summed E-state index contributed by atoms with van der Waals surface area (Å²) in [5.41, 5.74) is 0. The predicted octanol–water partition coefficient (Wildman–Crippen LogP) is 1.14. The zero-order chi connectivity index (χ0) is 14.3. The van der Waals surface area contributed by atoms with E-state index in [0.29, 0.717) is 52.7 Å². The molecule has 0 bridgehead atoms. The van der Waals surface area contributed by atoms with Crippen molar-refractivity contribution < 1.29 is 28.8 Å². The van der Waals surface area contributed by atoms with Crippen LogP contribution in [0.4, 0.5) is 0 Å². The number of hydrogen-bond donors (Lipinski definition) is 1. The molecule has 0 aliphatic carbocycles. The highest BCUT2D eigenvalue weighted by Crippen LogP contribution is 2.00. The van der Waals surface area contributed by atoms with Crippen LogP contribution in [0.15, 0.2) is 0 Å². The Morgan fingerprint density at radius 3 is 2.11 bits per heavy atom. The average Bonchev–Trinajstić information content (AvgIpc) is 2.38. The Hall–Kier alpha value is -0.690. The van der Waals surface area contributed by atoms with E-state index in [1.165, 1.54) is 0 Å². The third-order valence-corrected chi connectivity index (χ3v) is 2.21. The molecule has 0 aromatic heterocycles. The van der Waals surface area contributed by atoms with E-state index in [2.05, 4.69) is 6.92 Å². The van der Waals surface area contributed by atoms with Crippen molar-refractivity contribution in [3.63, 3.8) is 0 Å². The van der Waals surface area contributed by atoms with Gasteiger partial charge in [0.25, 0.3) is 0 Å². The first-order valence-corrected chi connectivity index (χ1v) is 6.56. The van der Waals surface area contributed by atoms with Crippen LogP contribution in [0.2, 0.25) is 0 Å². The van der Waals surface area contributed by atoms with Gasteiger partial charge in [-0.05, 0) is 20.3 Å². The van der Waals surface area contributed by atoms with Gasteiger partial charge in [-0.15, -0.1) is 0 Å². The van der Waals surface area contributed by atoms with Crippen LogP contribution >= 0.6 is 0 Å². The topological polar surface area (TPSA) is 74.2 Å². The molecule has 0 spiro atoms. The maximum atomic E-state index is 10.3. The number of ether oxygens (including phenoxy) is 4. The third kappa shape index (κ3) is 15.3. The van der Waals surface area contributed by atoms with E-state index in [-0.39, 0.29) is 12.5 Å². The van der Waals surface area contributed by atoms with Gasteiger partial charge in [-0.1, -0.05) is 0 Å². The molecule has 0 saturated carbocycles. The van der Waals surface area contributed by atoms with Crippen molar-refractivity contribution in [2.75, 3.05) is 46.2 Å². The molecule has 6 heteroatoms. The lowest BCUT2D eigenvalue weighted by molar-refractivity contribution is -0.137. The summed E-state index contributed by atoms with van der Waals surface area (Å²) >= 11 is 0. The summed E-state index contributed by atoms with van der Waals surface area (Å²) in [4.78, 5) is 10.3. The summed E-state index contributed by atoms with van der Waals surface area (Å²) in [5, 5.41) is 8.48. The van der Waals surface area contributed by atoms with Crippen molar-refractivity contribution >= 4 is 5.97 Å². The van der Waals surface area contributed by atoms with Gasteiger partial charge in [0.2, 0.25) is 0 Å². The smallest absolute Gasteiger partial charge is 0.303 e. The molecule has 113 valence electrons. The Morgan fingerprint density at radius 1 is 1.05 bits per heavy atom. The molecule has 1 atom stereocenters. The second kappa shape index (κ2) is 13.7. The molecule has 0 saturated heterocycles. The van der Waals surface area contributed by atoms with Crippen molar-refractivity contribution in [3.05, 3.63) is 6.92 Å². The molecule has 0 heterocycles. The van der Waals surface area contributed by atoms with Crippen LogP contribution < -0.4 is 0 Å². The number of carbonyl (C=O) groups is 1. The fourth-order valence-corrected chi connectivity index (χ4v) is 1.23. The number of rotatable bonds is 14. The van der Waals surface area contributed by atoms with Crippen LogP contribution in [0.3, 0.4) is 0 Å². The van der Waals surface area contributed by atoms with Crippen molar-refractivity contribution in [1.29, 1.82) is 0 Å². The summed E-state index contributed by atoms with van der Waals surface area (Å²) in [5.74, 6) is -0.835. The first kappa shape index (κ1) is 18.3. The SMILES string of the molecule is [CH2]C(CCC(=O)O)OCCOCCOCCOCC. The third-order valence-electron chi connectivity index (χ3n) is 2.21. The van der Waals surface area contributed by atoms with Crippen LogP contribution in [0.5, 0.6) is 0 Å². The minimum absolute atomic E-state index is 0.0721. The van der Waals surface area contributed by atoms with E-state index < -0.39 is 5.97 Å². The lowest BCUT2D eigenvalue weighted by Gasteiger charge is -2.11. The lowest BCUT2D eigenvalue weighted by Crippen LogP contribution is -2.16. The summed E-state index contributed by atoms with van der Waals surface area (Å²) in [7, 11) is 0. The van der Waals surface area contributed by atoms with E-state index in [0.717, 1.165) is 0 Å². The molecule has 1 N–H and O–H groups in total. The van der Waals surface area contributed by atoms with Gasteiger partial charge in [0, 0.05) is 13.0 Å². The largest absolute Gasteiger partial charge is 0.481 e.